The Labute approximate surface area is 120 Å². The number of para-hydroxylation sites is 1. The Balaban J connectivity index is 2.69. The molecule has 0 aliphatic carbocycles. The topological polar surface area (TPSA) is 35.6 Å². The number of carbonyl (C=O) groups excluding carboxylic acids is 1. The number of carbonyl (C=O) groups is 1. The molecular weight excluding hydrogens is 257 g/mol. The van der Waals surface area contributed by atoms with E-state index in [1.165, 1.54) is 6.07 Å². The fourth-order valence-corrected chi connectivity index (χ4v) is 1.79. The SMILES string of the molecule is CC(C)CN(CCN(C)C)C(=O)Nc1ccccc1F. The Morgan fingerprint density at radius 2 is 1.90 bits per heavy atom. The third-order valence-electron chi connectivity index (χ3n) is 2.81. The minimum absolute atomic E-state index is 0.219. The van der Waals surface area contributed by atoms with Gasteiger partial charge in [0.25, 0.3) is 0 Å². The maximum atomic E-state index is 13.5. The van der Waals surface area contributed by atoms with E-state index in [0.29, 0.717) is 19.0 Å². The Morgan fingerprint density at radius 3 is 2.45 bits per heavy atom. The van der Waals surface area contributed by atoms with E-state index in [9.17, 15) is 9.18 Å². The second kappa shape index (κ2) is 7.85. The van der Waals surface area contributed by atoms with Gasteiger partial charge >= 0.3 is 6.03 Å². The fourth-order valence-electron chi connectivity index (χ4n) is 1.79. The molecule has 2 amide bonds. The van der Waals surface area contributed by atoms with Crippen LogP contribution in [0.4, 0.5) is 14.9 Å². The monoisotopic (exact) mass is 281 g/mol. The molecule has 0 aliphatic heterocycles. The predicted molar refractivity (Wildman–Crippen MR) is 80.4 cm³/mol. The second-order valence-corrected chi connectivity index (χ2v) is 5.55. The van der Waals surface area contributed by atoms with E-state index in [2.05, 4.69) is 19.2 Å². The number of halogens is 1. The molecule has 0 heterocycles. The lowest BCUT2D eigenvalue weighted by Crippen LogP contribution is -2.41. The molecule has 1 N–H and O–H groups in total. The summed E-state index contributed by atoms with van der Waals surface area (Å²) in [7, 11) is 3.92. The number of nitrogens with one attached hydrogen (secondary N) is 1. The van der Waals surface area contributed by atoms with Crippen molar-refractivity contribution in [3.63, 3.8) is 0 Å². The van der Waals surface area contributed by atoms with Crippen LogP contribution < -0.4 is 5.32 Å². The summed E-state index contributed by atoms with van der Waals surface area (Å²) in [6.07, 6.45) is 0. The molecule has 0 saturated heterocycles. The zero-order chi connectivity index (χ0) is 15.1. The van der Waals surface area contributed by atoms with E-state index in [4.69, 9.17) is 0 Å². The highest BCUT2D eigenvalue weighted by atomic mass is 19.1. The lowest BCUT2D eigenvalue weighted by atomic mass is 10.2. The van der Waals surface area contributed by atoms with Gasteiger partial charge in [-0.05, 0) is 32.1 Å². The van der Waals surface area contributed by atoms with Gasteiger partial charge in [0.15, 0.2) is 0 Å². The highest BCUT2D eigenvalue weighted by Gasteiger charge is 2.16. The molecule has 0 atom stereocenters. The van der Waals surface area contributed by atoms with Gasteiger partial charge in [0.05, 0.1) is 5.69 Å². The molecule has 1 aromatic carbocycles. The summed E-state index contributed by atoms with van der Waals surface area (Å²) in [5, 5.41) is 2.63. The molecule has 112 valence electrons. The molecule has 0 aliphatic rings. The number of urea groups is 1. The van der Waals surface area contributed by atoms with Crippen molar-refractivity contribution in [2.45, 2.75) is 13.8 Å². The van der Waals surface area contributed by atoms with Gasteiger partial charge in [0, 0.05) is 19.6 Å². The highest BCUT2D eigenvalue weighted by Crippen LogP contribution is 2.13. The van der Waals surface area contributed by atoms with Crippen LogP contribution in [-0.2, 0) is 0 Å². The number of nitrogens with zero attached hydrogens (tertiary/aromatic N) is 2. The summed E-state index contributed by atoms with van der Waals surface area (Å²) in [6, 6.07) is 5.94. The molecule has 4 nitrogen and oxygen atoms in total. The van der Waals surface area contributed by atoms with Crippen LogP contribution in [0.3, 0.4) is 0 Å². The summed E-state index contributed by atoms with van der Waals surface area (Å²) in [6.45, 7) is 6.15. The minimum atomic E-state index is -0.419. The molecule has 20 heavy (non-hydrogen) atoms. The number of amides is 2. The lowest BCUT2D eigenvalue weighted by molar-refractivity contribution is 0.197. The first-order chi connectivity index (χ1) is 9.40. The van der Waals surface area contributed by atoms with Crippen LogP contribution in [0.15, 0.2) is 24.3 Å². The van der Waals surface area contributed by atoms with Crippen molar-refractivity contribution in [1.82, 2.24) is 9.80 Å². The lowest BCUT2D eigenvalue weighted by Gasteiger charge is -2.26. The minimum Gasteiger partial charge on any atom is -0.323 e. The molecule has 5 heteroatoms. The number of rotatable bonds is 6. The van der Waals surface area contributed by atoms with Crippen LogP contribution in [0.2, 0.25) is 0 Å². The van der Waals surface area contributed by atoms with Crippen molar-refractivity contribution in [3.05, 3.63) is 30.1 Å². The molecule has 0 bridgehead atoms. The Kier molecular flexibility index (Phi) is 6.45. The van der Waals surface area contributed by atoms with Gasteiger partial charge in [0.2, 0.25) is 0 Å². The molecule has 0 unspecified atom stereocenters. The summed E-state index contributed by atoms with van der Waals surface area (Å²) < 4.78 is 13.5. The normalized spacial score (nSPS) is 10.9. The van der Waals surface area contributed by atoms with Crippen molar-refractivity contribution in [1.29, 1.82) is 0 Å². The Bertz CT molecular complexity index is 435. The van der Waals surface area contributed by atoms with Gasteiger partial charge < -0.3 is 15.1 Å². The van der Waals surface area contributed by atoms with E-state index < -0.39 is 5.82 Å². The van der Waals surface area contributed by atoms with Crippen LogP contribution in [-0.4, -0.2) is 49.6 Å². The van der Waals surface area contributed by atoms with Gasteiger partial charge in [-0.2, -0.15) is 0 Å². The summed E-state index contributed by atoms with van der Waals surface area (Å²) >= 11 is 0. The average Bonchev–Trinajstić information content (AvgIpc) is 2.36. The van der Waals surface area contributed by atoms with E-state index in [1.807, 2.05) is 19.0 Å². The third kappa shape index (κ3) is 5.57. The first kappa shape index (κ1) is 16.4. The van der Waals surface area contributed by atoms with Crippen molar-refractivity contribution in [2.75, 3.05) is 39.0 Å². The number of hydrogen-bond acceptors (Lipinski definition) is 2. The van der Waals surface area contributed by atoms with Gasteiger partial charge in [-0.3, -0.25) is 0 Å². The smallest absolute Gasteiger partial charge is 0.321 e. The number of anilines is 1. The van der Waals surface area contributed by atoms with Gasteiger partial charge in [-0.1, -0.05) is 26.0 Å². The van der Waals surface area contributed by atoms with Crippen molar-refractivity contribution in [2.24, 2.45) is 5.92 Å². The first-order valence-electron chi connectivity index (χ1n) is 6.85. The fraction of sp³-hybridized carbons (Fsp3) is 0.533. The standard InChI is InChI=1S/C15H24FN3O/c1-12(2)11-19(10-9-18(3)4)15(20)17-14-8-6-5-7-13(14)16/h5-8,12H,9-11H2,1-4H3,(H,17,20). The van der Waals surface area contributed by atoms with E-state index in [0.717, 1.165) is 6.54 Å². The van der Waals surface area contributed by atoms with Gasteiger partial charge in [-0.25, -0.2) is 9.18 Å². The molecular formula is C15H24FN3O. The zero-order valence-electron chi connectivity index (χ0n) is 12.7. The molecule has 0 spiro atoms. The molecule has 0 saturated carbocycles. The van der Waals surface area contributed by atoms with Crippen molar-refractivity contribution < 1.29 is 9.18 Å². The van der Waals surface area contributed by atoms with Gasteiger partial charge in [0.1, 0.15) is 5.82 Å². The quantitative estimate of drug-likeness (QED) is 0.870. The number of hydrogen-bond donors (Lipinski definition) is 1. The first-order valence-corrected chi connectivity index (χ1v) is 6.85. The largest absolute Gasteiger partial charge is 0.323 e. The molecule has 1 rings (SSSR count). The van der Waals surface area contributed by atoms with Crippen LogP contribution >= 0.6 is 0 Å². The number of likely N-dealkylation sites (N-methyl/N-ethyl adjacent to an activating group) is 1. The average molecular weight is 281 g/mol. The second-order valence-electron chi connectivity index (χ2n) is 5.55. The molecule has 0 radical (unpaired) electrons. The van der Waals surface area contributed by atoms with Crippen molar-refractivity contribution >= 4 is 11.7 Å². The summed E-state index contributed by atoms with van der Waals surface area (Å²) in [5.41, 5.74) is 0.219. The van der Waals surface area contributed by atoms with Crippen LogP contribution in [0, 0.1) is 11.7 Å². The maximum absolute atomic E-state index is 13.5. The zero-order valence-corrected chi connectivity index (χ0v) is 12.7. The van der Waals surface area contributed by atoms with Crippen molar-refractivity contribution in [3.8, 4) is 0 Å². The number of benzene rings is 1. The van der Waals surface area contributed by atoms with Crippen LogP contribution in [0.1, 0.15) is 13.8 Å². The molecule has 0 aromatic heterocycles. The van der Waals surface area contributed by atoms with E-state index in [1.54, 1.807) is 23.1 Å². The van der Waals surface area contributed by atoms with Crippen LogP contribution in [0.5, 0.6) is 0 Å². The van der Waals surface area contributed by atoms with Crippen LogP contribution in [0.25, 0.3) is 0 Å². The maximum Gasteiger partial charge on any atom is 0.321 e. The van der Waals surface area contributed by atoms with Gasteiger partial charge in [-0.15, -0.1) is 0 Å². The Hall–Kier alpha value is -1.62. The van der Waals surface area contributed by atoms with E-state index in [-0.39, 0.29) is 11.7 Å². The molecule has 1 aromatic rings. The molecule has 0 fully saturated rings. The third-order valence-corrected chi connectivity index (χ3v) is 2.81. The Morgan fingerprint density at radius 1 is 1.25 bits per heavy atom. The summed E-state index contributed by atoms with van der Waals surface area (Å²) in [5.74, 6) is -0.0542. The predicted octanol–water partition coefficient (Wildman–Crippen LogP) is 2.88. The summed E-state index contributed by atoms with van der Waals surface area (Å²) in [4.78, 5) is 16.0. The van der Waals surface area contributed by atoms with E-state index >= 15 is 0 Å². The highest BCUT2D eigenvalue weighted by molar-refractivity contribution is 5.89.